The third-order valence-electron chi connectivity index (χ3n) is 4.68. The molecule has 0 saturated carbocycles. The first-order valence-corrected chi connectivity index (χ1v) is 9.53. The van der Waals surface area contributed by atoms with Crippen molar-refractivity contribution in [3.8, 4) is 11.4 Å². The van der Waals surface area contributed by atoms with Crippen LogP contribution in [-0.4, -0.2) is 37.3 Å². The van der Waals surface area contributed by atoms with Crippen LogP contribution in [0.2, 0.25) is 0 Å². The molecular formula is C19H21N5OS. The van der Waals surface area contributed by atoms with Crippen molar-refractivity contribution in [3.63, 3.8) is 0 Å². The molecule has 134 valence electrons. The molecule has 6 nitrogen and oxygen atoms in total. The highest BCUT2D eigenvalue weighted by Gasteiger charge is 2.19. The third-order valence-corrected chi connectivity index (χ3v) is 5.79. The Labute approximate surface area is 155 Å². The van der Waals surface area contributed by atoms with E-state index in [0.29, 0.717) is 11.8 Å². The fraction of sp³-hybridized carbons (Fsp3) is 0.316. The second-order valence-corrected chi connectivity index (χ2v) is 7.57. The summed E-state index contributed by atoms with van der Waals surface area (Å²) in [5.41, 5.74) is 2.95. The van der Waals surface area contributed by atoms with Crippen molar-refractivity contribution in [3.05, 3.63) is 40.8 Å². The molecular weight excluding hydrogens is 346 g/mol. The number of aryl methyl sites for hydroxylation is 2. The van der Waals surface area contributed by atoms with Crippen molar-refractivity contribution in [2.75, 3.05) is 11.9 Å². The van der Waals surface area contributed by atoms with Crippen molar-refractivity contribution in [2.45, 2.75) is 33.2 Å². The summed E-state index contributed by atoms with van der Waals surface area (Å²) in [5.74, 6) is 1.28. The van der Waals surface area contributed by atoms with E-state index < -0.39 is 0 Å². The minimum absolute atomic E-state index is 0.0421. The zero-order valence-electron chi connectivity index (χ0n) is 15.0. The minimum atomic E-state index is -0.0744. The van der Waals surface area contributed by atoms with Gasteiger partial charge in [0.1, 0.15) is 4.83 Å². The summed E-state index contributed by atoms with van der Waals surface area (Å²) < 4.78 is 1.77. The topological polar surface area (TPSA) is 75.3 Å². The van der Waals surface area contributed by atoms with E-state index >= 15 is 0 Å². The lowest BCUT2D eigenvalue weighted by Gasteiger charge is -2.15. The van der Waals surface area contributed by atoms with E-state index in [0.717, 1.165) is 27.8 Å². The van der Waals surface area contributed by atoms with Gasteiger partial charge in [0.15, 0.2) is 11.5 Å². The molecule has 3 aromatic heterocycles. The number of rotatable bonds is 5. The maximum Gasteiger partial charge on any atom is 0.227 e. The van der Waals surface area contributed by atoms with E-state index in [1.54, 1.807) is 15.9 Å². The zero-order chi connectivity index (χ0) is 18.3. The van der Waals surface area contributed by atoms with E-state index in [-0.39, 0.29) is 12.6 Å². The SMILES string of the molecule is CCC(CO)Nc1nc2sc(C)c(C)c2c2nc(-c3ccccc3)nn12. The van der Waals surface area contributed by atoms with Crippen LogP contribution in [0.4, 0.5) is 5.95 Å². The van der Waals surface area contributed by atoms with Gasteiger partial charge in [-0.1, -0.05) is 37.3 Å². The quantitative estimate of drug-likeness (QED) is 0.561. The number of hydrogen-bond donors (Lipinski definition) is 2. The van der Waals surface area contributed by atoms with Gasteiger partial charge in [0, 0.05) is 10.4 Å². The molecule has 2 N–H and O–H groups in total. The molecule has 3 heterocycles. The van der Waals surface area contributed by atoms with E-state index in [1.807, 2.05) is 37.3 Å². The lowest BCUT2D eigenvalue weighted by molar-refractivity contribution is 0.271. The van der Waals surface area contributed by atoms with Crippen molar-refractivity contribution >= 4 is 33.1 Å². The molecule has 1 unspecified atom stereocenters. The van der Waals surface area contributed by atoms with E-state index in [9.17, 15) is 5.11 Å². The Balaban J connectivity index is 1.99. The zero-order valence-corrected chi connectivity index (χ0v) is 15.8. The lowest BCUT2D eigenvalue weighted by Crippen LogP contribution is -2.25. The number of thiophene rings is 1. The van der Waals surface area contributed by atoms with Crippen LogP contribution in [0.25, 0.3) is 27.3 Å². The molecule has 0 aliphatic heterocycles. The number of aliphatic hydroxyl groups is 1. The van der Waals surface area contributed by atoms with E-state index in [2.05, 4.69) is 19.2 Å². The summed E-state index contributed by atoms with van der Waals surface area (Å²) in [6.45, 7) is 6.27. The normalized spacial score (nSPS) is 12.8. The summed E-state index contributed by atoms with van der Waals surface area (Å²) >= 11 is 1.66. The average molecular weight is 367 g/mol. The molecule has 0 radical (unpaired) electrons. The van der Waals surface area contributed by atoms with Gasteiger partial charge in [0.2, 0.25) is 5.95 Å². The molecule has 4 rings (SSSR count). The number of fused-ring (bicyclic) bond motifs is 3. The maximum absolute atomic E-state index is 9.57. The predicted molar refractivity (Wildman–Crippen MR) is 106 cm³/mol. The number of benzene rings is 1. The van der Waals surface area contributed by atoms with Gasteiger partial charge in [0.05, 0.1) is 18.0 Å². The molecule has 0 bridgehead atoms. The van der Waals surface area contributed by atoms with Crippen LogP contribution in [0.1, 0.15) is 23.8 Å². The Morgan fingerprint density at radius 1 is 1.19 bits per heavy atom. The molecule has 7 heteroatoms. The fourth-order valence-corrected chi connectivity index (χ4v) is 4.00. The van der Waals surface area contributed by atoms with Crippen molar-refractivity contribution in [1.82, 2.24) is 19.6 Å². The first kappa shape index (κ1) is 16.9. The molecule has 26 heavy (non-hydrogen) atoms. The van der Waals surface area contributed by atoms with Crippen LogP contribution in [0.5, 0.6) is 0 Å². The summed E-state index contributed by atoms with van der Waals surface area (Å²) in [7, 11) is 0. The standard InChI is InChI=1S/C19H21N5OS/c1-4-14(10-25)20-19-22-18-15(11(2)12(3)26-18)17-21-16(23-24(17)19)13-8-6-5-7-9-13/h5-9,14,25H,4,10H2,1-3H3,(H,20,22). The van der Waals surface area contributed by atoms with Gasteiger partial charge in [-0.15, -0.1) is 16.4 Å². The van der Waals surface area contributed by atoms with Crippen LogP contribution in [0.3, 0.4) is 0 Å². The van der Waals surface area contributed by atoms with Gasteiger partial charge in [-0.25, -0.2) is 9.97 Å². The van der Waals surface area contributed by atoms with Crippen LogP contribution in [0, 0.1) is 13.8 Å². The molecule has 1 atom stereocenters. The van der Waals surface area contributed by atoms with E-state index in [4.69, 9.17) is 15.1 Å². The second kappa shape index (κ2) is 6.66. The van der Waals surface area contributed by atoms with Gasteiger partial charge in [-0.3, -0.25) is 0 Å². The monoisotopic (exact) mass is 367 g/mol. The van der Waals surface area contributed by atoms with Crippen molar-refractivity contribution < 1.29 is 5.11 Å². The molecule has 0 amide bonds. The molecule has 0 spiro atoms. The Kier molecular flexibility index (Phi) is 4.34. The summed E-state index contributed by atoms with van der Waals surface area (Å²) in [4.78, 5) is 11.8. The Bertz CT molecular complexity index is 1070. The average Bonchev–Trinajstić information content (AvgIpc) is 3.22. The largest absolute Gasteiger partial charge is 0.394 e. The van der Waals surface area contributed by atoms with Gasteiger partial charge in [-0.05, 0) is 25.8 Å². The second-order valence-electron chi connectivity index (χ2n) is 6.37. The highest BCUT2D eigenvalue weighted by Crippen LogP contribution is 2.33. The molecule has 0 saturated heterocycles. The highest BCUT2D eigenvalue weighted by molar-refractivity contribution is 7.18. The highest BCUT2D eigenvalue weighted by atomic mass is 32.1. The van der Waals surface area contributed by atoms with Crippen LogP contribution in [-0.2, 0) is 0 Å². The Morgan fingerprint density at radius 3 is 2.65 bits per heavy atom. The number of aromatic nitrogens is 4. The molecule has 0 fully saturated rings. The number of nitrogens with one attached hydrogen (secondary N) is 1. The molecule has 0 aliphatic carbocycles. The number of nitrogens with zero attached hydrogens (tertiary/aromatic N) is 4. The number of anilines is 1. The van der Waals surface area contributed by atoms with Crippen molar-refractivity contribution in [2.24, 2.45) is 0 Å². The van der Waals surface area contributed by atoms with E-state index in [1.165, 1.54) is 10.4 Å². The van der Waals surface area contributed by atoms with Crippen LogP contribution < -0.4 is 5.32 Å². The lowest BCUT2D eigenvalue weighted by atomic mass is 10.2. The summed E-state index contributed by atoms with van der Waals surface area (Å²) in [6.07, 6.45) is 0.792. The first-order valence-electron chi connectivity index (χ1n) is 8.71. The van der Waals surface area contributed by atoms with Crippen molar-refractivity contribution in [1.29, 1.82) is 0 Å². The number of hydrogen-bond acceptors (Lipinski definition) is 6. The van der Waals surface area contributed by atoms with Gasteiger partial charge >= 0.3 is 0 Å². The Hall–Kier alpha value is -2.51. The molecule has 0 aliphatic rings. The van der Waals surface area contributed by atoms with Crippen LogP contribution >= 0.6 is 11.3 Å². The predicted octanol–water partition coefficient (Wildman–Crippen LogP) is 3.81. The van der Waals surface area contributed by atoms with Gasteiger partial charge in [-0.2, -0.15) is 4.52 Å². The molecule has 1 aromatic carbocycles. The Morgan fingerprint density at radius 2 is 1.96 bits per heavy atom. The first-order chi connectivity index (χ1) is 12.6. The van der Waals surface area contributed by atoms with Gasteiger partial charge in [0.25, 0.3) is 0 Å². The fourth-order valence-electron chi connectivity index (χ4n) is 2.98. The third kappa shape index (κ3) is 2.73. The summed E-state index contributed by atoms with van der Waals surface area (Å²) in [5, 5.41) is 18.6. The van der Waals surface area contributed by atoms with Crippen LogP contribution in [0.15, 0.2) is 30.3 Å². The van der Waals surface area contributed by atoms with Gasteiger partial charge < -0.3 is 10.4 Å². The smallest absolute Gasteiger partial charge is 0.227 e. The molecule has 4 aromatic rings. The summed E-state index contributed by atoms with van der Waals surface area (Å²) in [6, 6.07) is 9.86. The number of aliphatic hydroxyl groups excluding tert-OH is 1. The minimum Gasteiger partial charge on any atom is -0.394 e. The maximum atomic E-state index is 9.57.